The quantitative estimate of drug-likeness (QED) is 0.808. The van der Waals surface area contributed by atoms with E-state index in [1.165, 1.54) is 0 Å². The van der Waals surface area contributed by atoms with Crippen molar-refractivity contribution in [2.45, 2.75) is 23.6 Å². The minimum atomic E-state index is -1.52. The predicted molar refractivity (Wildman–Crippen MR) is 75.2 cm³/mol. The van der Waals surface area contributed by atoms with Crippen molar-refractivity contribution >= 4 is 19.7 Å². The fourth-order valence-corrected chi connectivity index (χ4v) is 4.26. The summed E-state index contributed by atoms with van der Waals surface area (Å²) in [4.78, 5) is 1.19. The molecule has 4 heteroatoms. The zero-order valence-corrected chi connectivity index (χ0v) is 11.9. The highest BCUT2D eigenvalue weighted by molar-refractivity contribution is 8.61. The van der Waals surface area contributed by atoms with Gasteiger partial charge in [-0.2, -0.15) is 0 Å². The molecule has 0 spiro atoms. The van der Waals surface area contributed by atoms with Crippen LogP contribution < -0.4 is 0 Å². The summed E-state index contributed by atoms with van der Waals surface area (Å²) in [6.07, 6.45) is 0. The summed E-state index contributed by atoms with van der Waals surface area (Å²) in [5.74, 6) is 0. The molecule has 0 heterocycles. The van der Waals surface area contributed by atoms with Crippen molar-refractivity contribution in [3.05, 3.63) is 59.7 Å². The molecule has 2 atom stereocenters. The van der Waals surface area contributed by atoms with Crippen molar-refractivity contribution in [3.8, 4) is 0 Å². The first-order valence-electron chi connectivity index (χ1n) is 5.55. The van der Waals surface area contributed by atoms with Gasteiger partial charge in [0, 0.05) is 0 Å². The van der Waals surface area contributed by atoms with E-state index in [9.17, 15) is 8.42 Å². The third kappa shape index (κ3) is 2.94. The minimum Gasteiger partial charge on any atom is -0.240 e. The molecule has 0 aromatic heterocycles. The SMILES string of the molecule is Cc1ccc([S@@](=O)[S@](=O)c2ccc(C)cc2)cc1. The van der Waals surface area contributed by atoms with E-state index in [-0.39, 0.29) is 0 Å². The van der Waals surface area contributed by atoms with Gasteiger partial charge in [0.2, 0.25) is 0 Å². The Kier molecular flexibility index (Phi) is 4.09. The maximum Gasteiger partial charge on any atom is 0.148 e. The van der Waals surface area contributed by atoms with Crippen LogP contribution in [0.25, 0.3) is 0 Å². The van der Waals surface area contributed by atoms with Crippen LogP contribution in [0.1, 0.15) is 11.1 Å². The van der Waals surface area contributed by atoms with Gasteiger partial charge in [-0.15, -0.1) is 0 Å². The molecule has 2 rings (SSSR count). The number of aryl methyl sites for hydroxylation is 2. The molecular weight excluding hydrogens is 264 g/mol. The van der Waals surface area contributed by atoms with Crippen molar-refractivity contribution in [1.82, 2.24) is 0 Å². The van der Waals surface area contributed by atoms with Gasteiger partial charge in [0.05, 0.1) is 9.79 Å². The van der Waals surface area contributed by atoms with Gasteiger partial charge >= 0.3 is 0 Å². The Balaban J connectivity index is 2.26. The summed E-state index contributed by atoms with van der Waals surface area (Å²) in [5, 5.41) is 0. The van der Waals surface area contributed by atoms with Crippen molar-refractivity contribution < 1.29 is 8.42 Å². The van der Waals surface area contributed by atoms with Crippen LogP contribution in [0.5, 0.6) is 0 Å². The fraction of sp³-hybridized carbons (Fsp3) is 0.143. The molecule has 0 unspecified atom stereocenters. The summed E-state index contributed by atoms with van der Waals surface area (Å²) in [6.45, 7) is 3.92. The minimum absolute atomic E-state index is 0.597. The average Bonchev–Trinajstić information content (AvgIpc) is 2.39. The molecule has 2 nitrogen and oxygen atoms in total. The highest BCUT2D eigenvalue weighted by Crippen LogP contribution is 2.17. The van der Waals surface area contributed by atoms with Crippen LogP contribution in [0.3, 0.4) is 0 Å². The van der Waals surface area contributed by atoms with E-state index in [2.05, 4.69) is 0 Å². The first-order chi connectivity index (χ1) is 8.58. The molecule has 0 aliphatic carbocycles. The number of hydrogen-bond donors (Lipinski definition) is 0. The average molecular weight is 278 g/mol. The highest BCUT2D eigenvalue weighted by Gasteiger charge is 2.14. The van der Waals surface area contributed by atoms with Gasteiger partial charge in [-0.25, -0.2) is 8.42 Å². The molecule has 0 saturated carbocycles. The topological polar surface area (TPSA) is 34.1 Å². The molecule has 2 aromatic rings. The van der Waals surface area contributed by atoms with E-state index in [4.69, 9.17) is 0 Å². The van der Waals surface area contributed by atoms with Crippen LogP contribution in [0.15, 0.2) is 58.3 Å². The Morgan fingerprint density at radius 2 is 0.889 bits per heavy atom. The van der Waals surface area contributed by atoms with Crippen molar-refractivity contribution in [2.24, 2.45) is 0 Å². The number of rotatable bonds is 3. The Morgan fingerprint density at radius 1 is 0.611 bits per heavy atom. The van der Waals surface area contributed by atoms with Crippen LogP contribution in [-0.2, 0) is 19.7 Å². The van der Waals surface area contributed by atoms with Gasteiger partial charge in [-0.05, 0) is 38.1 Å². The Morgan fingerprint density at radius 3 is 1.17 bits per heavy atom. The molecule has 2 aromatic carbocycles. The number of benzene rings is 2. The fourth-order valence-electron chi connectivity index (χ4n) is 1.47. The lowest BCUT2D eigenvalue weighted by Gasteiger charge is -2.03. The molecule has 0 saturated heterocycles. The van der Waals surface area contributed by atoms with E-state index < -0.39 is 19.7 Å². The van der Waals surface area contributed by atoms with E-state index in [0.717, 1.165) is 11.1 Å². The van der Waals surface area contributed by atoms with Crippen molar-refractivity contribution in [1.29, 1.82) is 0 Å². The summed E-state index contributed by atoms with van der Waals surface area (Å²) in [7, 11) is -3.04. The van der Waals surface area contributed by atoms with E-state index >= 15 is 0 Å². The van der Waals surface area contributed by atoms with Gasteiger partial charge in [0.15, 0.2) is 0 Å². The maximum atomic E-state index is 12.2. The molecular formula is C14H14O2S2. The van der Waals surface area contributed by atoms with Crippen LogP contribution in [0.2, 0.25) is 0 Å². The van der Waals surface area contributed by atoms with E-state index in [1.807, 2.05) is 38.1 Å². The third-order valence-electron chi connectivity index (χ3n) is 2.56. The molecule has 0 fully saturated rings. The monoisotopic (exact) mass is 278 g/mol. The normalized spacial score (nSPS) is 14.1. The smallest absolute Gasteiger partial charge is 0.148 e. The molecule has 0 radical (unpaired) electrons. The van der Waals surface area contributed by atoms with Crippen molar-refractivity contribution in [3.63, 3.8) is 0 Å². The zero-order valence-electron chi connectivity index (χ0n) is 10.3. The molecule has 0 bridgehead atoms. The zero-order chi connectivity index (χ0) is 13.1. The second-order valence-electron chi connectivity index (χ2n) is 4.10. The van der Waals surface area contributed by atoms with Gasteiger partial charge in [-0.3, -0.25) is 0 Å². The van der Waals surface area contributed by atoms with Gasteiger partial charge in [-0.1, -0.05) is 35.4 Å². The molecule has 0 amide bonds. The van der Waals surface area contributed by atoms with Crippen LogP contribution in [-0.4, -0.2) is 8.42 Å². The molecule has 0 aliphatic rings. The highest BCUT2D eigenvalue weighted by atomic mass is 33.1. The van der Waals surface area contributed by atoms with Gasteiger partial charge in [0.1, 0.15) is 19.7 Å². The predicted octanol–water partition coefficient (Wildman–Crippen LogP) is 3.13. The summed E-state index contributed by atoms with van der Waals surface area (Å²) >= 11 is 0. The third-order valence-corrected chi connectivity index (χ3v) is 6.13. The van der Waals surface area contributed by atoms with E-state index in [0.29, 0.717) is 9.79 Å². The first kappa shape index (κ1) is 13.2. The van der Waals surface area contributed by atoms with Crippen LogP contribution >= 0.6 is 0 Å². The standard InChI is InChI=1S/C14H14O2S2/c1-11-3-7-13(8-4-11)17(15)18(16)14-9-5-12(2)6-10-14/h3-10H,1-2H3/t17-,18-/m0/s1. The van der Waals surface area contributed by atoms with Gasteiger partial charge < -0.3 is 0 Å². The Labute approximate surface area is 111 Å². The lowest BCUT2D eigenvalue weighted by molar-refractivity contribution is 0.676. The molecule has 0 N–H and O–H groups in total. The largest absolute Gasteiger partial charge is 0.240 e. The maximum absolute atomic E-state index is 12.2. The molecule has 94 valence electrons. The molecule has 18 heavy (non-hydrogen) atoms. The van der Waals surface area contributed by atoms with Gasteiger partial charge in [0.25, 0.3) is 0 Å². The lowest BCUT2D eigenvalue weighted by Crippen LogP contribution is -2.01. The van der Waals surface area contributed by atoms with Crippen LogP contribution in [0, 0.1) is 13.8 Å². The number of hydrogen-bond acceptors (Lipinski definition) is 2. The summed E-state index contributed by atoms with van der Waals surface area (Å²) < 4.78 is 24.3. The van der Waals surface area contributed by atoms with E-state index in [1.54, 1.807) is 24.3 Å². The second kappa shape index (κ2) is 5.59. The summed E-state index contributed by atoms with van der Waals surface area (Å²) in [6, 6.07) is 14.5. The van der Waals surface area contributed by atoms with Crippen molar-refractivity contribution in [2.75, 3.05) is 0 Å². The first-order valence-corrected chi connectivity index (χ1v) is 8.37. The second-order valence-corrected chi connectivity index (χ2v) is 7.79. The molecule has 0 aliphatic heterocycles. The van der Waals surface area contributed by atoms with Crippen LogP contribution in [0.4, 0.5) is 0 Å². The summed E-state index contributed by atoms with van der Waals surface area (Å²) in [5.41, 5.74) is 2.19. The lowest BCUT2D eigenvalue weighted by atomic mass is 10.2. The Bertz CT molecular complexity index is 531. The Hall–Kier alpha value is -1.26.